The quantitative estimate of drug-likeness (QED) is 0.766. The number of fused-ring (bicyclic) bond motifs is 2. The molecule has 0 bridgehead atoms. The zero-order valence-corrected chi connectivity index (χ0v) is 13.3. The summed E-state index contributed by atoms with van der Waals surface area (Å²) < 4.78 is 1.32. The third-order valence-corrected chi connectivity index (χ3v) is 5.70. The fourth-order valence-corrected chi connectivity index (χ4v) is 5.21. The van der Waals surface area contributed by atoms with E-state index in [0.717, 1.165) is 17.1 Å². The average molecular weight is 305 g/mol. The Kier molecular flexibility index (Phi) is 3.65. The van der Waals surface area contributed by atoms with Gasteiger partial charge in [0.05, 0.1) is 9.90 Å². The molecule has 0 spiro atoms. The largest absolute Gasteiger partial charge is 0.345 e. The highest BCUT2D eigenvalue weighted by Gasteiger charge is 2.20. The highest BCUT2D eigenvalue weighted by atomic mass is 32.2. The SMILES string of the molecule is CC(C)Cc1cc2c(s1)Sc1ccccc1NC2=S. The maximum Gasteiger partial charge on any atom is 0.113 e. The molecule has 98 valence electrons. The maximum absolute atomic E-state index is 5.53. The van der Waals surface area contributed by atoms with Crippen molar-refractivity contribution in [3.8, 4) is 0 Å². The standard InChI is InChI=1S/C15H15NS3/c1-9(2)7-10-8-11-14(17)16-12-5-3-4-6-13(12)19-15(11)18-10/h3-6,8-9H,7H2,1-2H3,(H,16,17). The molecule has 0 fully saturated rings. The van der Waals surface area contributed by atoms with Gasteiger partial charge in [-0.15, -0.1) is 11.3 Å². The van der Waals surface area contributed by atoms with Crippen LogP contribution in [0.3, 0.4) is 0 Å². The number of para-hydroxylation sites is 1. The van der Waals surface area contributed by atoms with Crippen LogP contribution < -0.4 is 5.32 Å². The summed E-state index contributed by atoms with van der Waals surface area (Å²) in [4.78, 5) is 3.52. The summed E-state index contributed by atoms with van der Waals surface area (Å²) in [6.45, 7) is 4.51. The summed E-state index contributed by atoms with van der Waals surface area (Å²) in [5.41, 5.74) is 2.31. The number of benzene rings is 1. The average Bonchev–Trinajstić information content (AvgIpc) is 2.68. The van der Waals surface area contributed by atoms with Crippen LogP contribution in [0.15, 0.2) is 39.4 Å². The molecule has 0 amide bonds. The van der Waals surface area contributed by atoms with Crippen LogP contribution in [0, 0.1) is 5.92 Å². The van der Waals surface area contributed by atoms with Crippen LogP contribution in [0.25, 0.3) is 0 Å². The Bertz CT molecular complexity index is 628. The molecule has 1 aliphatic heterocycles. The van der Waals surface area contributed by atoms with E-state index in [9.17, 15) is 0 Å². The molecule has 1 aromatic carbocycles. The molecular weight excluding hydrogens is 290 g/mol. The molecule has 1 N–H and O–H groups in total. The van der Waals surface area contributed by atoms with E-state index in [1.165, 1.54) is 19.5 Å². The van der Waals surface area contributed by atoms with Crippen LogP contribution in [-0.2, 0) is 6.42 Å². The van der Waals surface area contributed by atoms with Gasteiger partial charge >= 0.3 is 0 Å². The van der Waals surface area contributed by atoms with Crippen LogP contribution in [0.4, 0.5) is 5.69 Å². The van der Waals surface area contributed by atoms with Gasteiger partial charge in [-0.05, 0) is 30.5 Å². The molecule has 0 radical (unpaired) electrons. The highest BCUT2D eigenvalue weighted by molar-refractivity contribution is 8.01. The van der Waals surface area contributed by atoms with Crippen molar-refractivity contribution in [2.24, 2.45) is 5.92 Å². The van der Waals surface area contributed by atoms with Crippen LogP contribution in [0.5, 0.6) is 0 Å². The number of anilines is 1. The van der Waals surface area contributed by atoms with E-state index in [1.807, 2.05) is 29.2 Å². The number of hydrogen-bond donors (Lipinski definition) is 1. The van der Waals surface area contributed by atoms with Crippen molar-refractivity contribution >= 4 is 46.0 Å². The van der Waals surface area contributed by atoms with E-state index in [-0.39, 0.29) is 0 Å². The predicted molar refractivity (Wildman–Crippen MR) is 88.7 cm³/mol. The molecular formula is C15H15NS3. The first-order chi connectivity index (χ1) is 9.13. The normalized spacial score (nSPS) is 13.7. The first-order valence-corrected chi connectivity index (χ1v) is 8.38. The summed E-state index contributed by atoms with van der Waals surface area (Å²) in [7, 11) is 0. The molecule has 1 nitrogen and oxygen atoms in total. The molecule has 0 aliphatic carbocycles. The fraction of sp³-hybridized carbons (Fsp3) is 0.267. The van der Waals surface area contributed by atoms with E-state index in [1.54, 1.807) is 0 Å². The first kappa shape index (κ1) is 13.2. The second kappa shape index (κ2) is 5.27. The molecule has 2 aromatic rings. The number of rotatable bonds is 2. The molecule has 1 aliphatic rings. The molecule has 1 aromatic heterocycles. The minimum Gasteiger partial charge on any atom is -0.345 e. The minimum absolute atomic E-state index is 0.682. The predicted octanol–water partition coefficient (Wildman–Crippen LogP) is 5.20. The Hall–Kier alpha value is -0.840. The molecule has 19 heavy (non-hydrogen) atoms. The molecule has 4 heteroatoms. The van der Waals surface area contributed by atoms with Crippen LogP contribution >= 0.6 is 35.3 Å². The second-order valence-electron chi connectivity index (χ2n) is 5.06. The molecule has 0 atom stereocenters. The van der Waals surface area contributed by atoms with E-state index in [4.69, 9.17) is 12.2 Å². The lowest BCUT2D eigenvalue weighted by Gasteiger charge is -2.06. The maximum atomic E-state index is 5.53. The molecule has 3 rings (SSSR count). The fourth-order valence-electron chi connectivity index (χ4n) is 2.11. The summed E-state index contributed by atoms with van der Waals surface area (Å²) >= 11 is 9.24. The van der Waals surface area contributed by atoms with Gasteiger partial charge in [-0.25, -0.2) is 0 Å². The summed E-state index contributed by atoms with van der Waals surface area (Å²) in [5, 5.41) is 3.36. The topological polar surface area (TPSA) is 12.0 Å². The Balaban J connectivity index is 2.01. The third kappa shape index (κ3) is 2.71. The summed E-state index contributed by atoms with van der Waals surface area (Å²) in [6, 6.07) is 10.6. The van der Waals surface area contributed by atoms with Gasteiger partial charge in [0.25, 0.3) is 0 Å². The highest BCUT2D eigenvalue weighted by Crippen LogP contribution is 2.43. The number of nitrogens with one attached hydrogen (secondary N) is 1. The van der Waals surface area contributed by atoms with Crippen LogP contribution in [-0.4, -0.2) is 4.99 Å². The molecule has 0 unspecified atom stereocenters. The van der Waals surface area contributed by atoms with Crippen molar-refractivity contribution in [2.75, 3.05) is 5.32 Å². The second-order valence-corrected chi connectivity index (χ2v) is 7.92. The Morgan fingerprint density at radius 2 is 2.05 bits per heavy atom. The monoisotopic (exact) mass is 305 g/mol. The molecule has 0 saturated carbocycles. The van der Waals surface area contributed by atoms with Gasteiger partial charge < -0.3 is 5.32 Å². The van der Waals surface area contributed by atoms with Crippen molar-refractivity contribution in [1.29, 1.82) is 0 Å². The van der Waals surface area contributed by atoms with Gasteiger partial charge in [0.15, 0.2) is 0 Å². The van der Waals surface area contributed by atoms with Crippen molar-refractivity contribution in [2.45, 2.75) is 29.4 Å². The smallest absolute Gasteiger partial charge is 0.113 e. The lowest BCUT2D eigenvalue weighted by atomic mass is 10.1. The summed E-state index contributed by atoms with van der Waals surface area (Å²) in [6.07, 6.45) is 1.13. The lowest BCUT2D eigenvalue weighted by molar-refractivity contribution is 0.654. The third-order valence-electron chi connectivity index (χ3n) is 2.94. The van der Waals surface area contributed by atoms with Gasteiger partial charge in [-0.1, -0.05) is 50.0 Å². The van der Waals surface area contributed by atoms with Crippen molar-refractivity contribution in [3.63, 3.8) is 0 Å². The van der Waals surface area contributed by atoms with E-state index in [0.29, 0.717) is 5.92 Å². The Morgan fingerprint density at radius 1 is 1.26 bits per heavy atom. The van der Waals surface area contributed by atoms with Gasteiger partial charge in [-0.3, -0.25) is 0 Å². The van der Waals surface area contributed by atoms with Crippen LogP contribution in [0.1, 0.15) is 24.3 Å². The van der Waals surface area contributed by atoms with Crippen molar-refractivity contribution < 1.29 is 0 Å². The Morgan fingerprint density at radius 3 is 2.84 bits per heavy atom. The van der Waals surface area contributed by atoms with E-state index >= 15 is 0 Å². The van der Waals surface area contributed by atoms with Crippen LogP contribution in [0.2, 0.25) is 0 Å². The lowest BCUT2D eigenvalue weighted by Crippen LogP contribution is -2.09. The molecule has 2 heterocycles. The van der Waals surface area contributed by atoms with Gasteiger partial charge in [-0.2, -0.15) is 0 Å². The van der Waals surface area contributed by atoms with E-state index in [2.05, 4.69) is 43.4 Å². The Labute approximate surface area is 127 Å². The van der Waals surface area contributed by atoms with Crippen molar-refractivity contribution in [3.05, 3.63) is 40.8 Å². The zero-order valence-electron chi connectivity index (χ0n) is 10.9. The summed E-state index contributed by atoms with van der Waals surface area (Å²) in [5.74, 6) is 0.682. The number of thiophene rings is 1. The minimum atomic E-state index is 0.682. The van der Waals surface area contributed by atoms with Crippen molar-refractivity contribution in [1.82, 2.24) is 0 Å². The zero-order chi connectivity index (χ0) is 13.4. The molecule has 0 saturated heterocycles. The first-order valence-electron chi connectivity index (χ1n) is 6.34. The number of thiocarbonyl (C=S) groups is 1. The van der Waals surface area contributed by atoms with Gasteiger partial charge in [0.2, 0.25) is 0 Å². The number of hydrogen-bond acceptors (Lipinski definition) is 3. The van der Waals surface area contributed by atoms with Gasteiger partial charge in [0, 0.05) is 15.3 Å². The van der Waals surface area contributed by atoms with Gasteiger partial charge in [0.1, 0.15) is 4.99 Å². The van der Waals surface area contributed by atoms with E-state index < -0.39 is 0 Å².